The summed E-state index contributed by atoms with van der Waals surface area (Å²) in [5, 5.41) is 0. The Hall–Kier alpha value is -0.850. The lowest BCUT2D eigenvalue weighted by Gasteiger charge is -2.18. The standard InChI is InChI=1S/C10H15F/c1-5-6-7-9(8-11)10(2,3)4/h5-8H,1H2,2-4H3/b7-6-,9-8-. The largest absolute Gasteiger partial charge is 0.215 e. The molecule has 0 aliphatic carbocycles. The Morgan fingerprint density at radius 1 is 1.36 bits per heavy atom. The minimum absolute atomic E-state index is 0.131. The van der Waals surface area contributed by atoms with Gasteiger partial charge in [-0.2, -0.15) is 0 Å². The summed E-state index contributed by atoms with van der Waals surface area (Å²) in [6, 6.07) is 0. The Morgan fingerprint density at radius 3 is 2.18 bits per heavy atom. The molecule has 0 atom stereocenters. The first-order valence-electron chi connectivity index (χ1n) is 3.62. The van der Waals surface area contributed by atoms with Crippen LogP contribution in [0.5, 0.6) is 0 Å². The molecule has 0 saturated carbocycles. The average Bonchev–Trinajstić information content (AvgIpc) is 1.87. The molecule has 0 nitrogen and oxygen atoms in total. The molecule has 62 valence electrons. The number of halogens is 1. The Labute approximate surface area is 68.1 Å². The molecule has 0 bridgehead atoms. The molecule has 0 spiro atoms. The van der Waals surface area contributed by atoms with Crippen LogP contribution in [0.3, 0.4) is 0 Å². The van der Waals surface area contributed by atoms with E-state index in [0.29, 0.717) is 11.9 Å². The monoisotopic (exact) mass is 154 g/mol. The average molecular weight is 154 g/mol. The van der Waals surface area contributed by atoms with Gasteiger partial charge in [0.1, 0.15) is 0 Å². The van der Waals surface area contributed by atoms with Crippen LogP contribution < -0.4 is 0 Å². The van der Waals surface area contributed by atoms with Gasteiger partial charge in [-0.15, -0.1) is 0 Å². The van der Waals surface area contributed by atoms with Crippen molar-refractivity contribution in [3.8, 4) is 0 Å². The smallest absolute Gasteiger partial charge is 0.0904 e. The zero-order valence-corrected chi connectivity index (χ0v) is 7.39. The van der Waals surface area contributed by atoms with E-state index >= 15 is 0 Å². The van der Waals surface area contributed by atoms with Crippen molar-refractivity contribution in [2.75, 3.05) is 0 Å². The molecule has 0 heterocycles. The zero-order valence-electron chi connectivity index (χ0n) is 7.39. The van der Waals surface area contributed by atoms with Gasteiger partial charge >= 0.3 is 0 Å². The molecular formula is C10H15F. The molecule has 0 fully saturated rings. The molecule has 0 amide bonds. The topological polar surface area (TPSA) is 0 Å². The molecule has 0 unspecified atom stereocenters. The van der Waals surface area contributed by atoms with Gasteiger partial charge in [0.2, 0.25) is 0 Å². The molecule has 0 aliphatic heterocycles. The van der Waals surface area contributed by atoms with Gasteiger partial charge in [0, 0.05) is 0 Å². The number of rotatable bonds is 2. The fourth-order valence-electron chi connectivity index (χ4n) is 0.622. The lowest BCUT2D eigenvalue weighted by Crippen LogP contribution is -2.06. The molecule has 0 N–H and O–H groups in total. The second kappa shape index (κ2) is 4.12. The Balaban J connectivity index is 4.45. The maximum absolute atomic E-state index is 12.2. The molecule has 0 aromatic rings. The van der Waals surface area contributed by atoms with Gasteiger partial charge in [0.05, 0.1) is 6.33 Å². The Morgan fingerprint density at radius 2 is 1.91 bits per heavy atom. The van der Waals surface area contributed by atoms with E-state index in [1.165, 1.54) is 0 Å². The molecule has 0 aliphatic rings. The zero-order chi connectivity index (χ0) is 8.91. The molecule has 0 rings (SSSR count). The van der Waals surface area contributed by atoms with Crippen LogP contribution in [0.1, 0.15) is 20.8 Å². The summed E-state index contributed by atoms with van der Waals surface area (Å²) in [5.74, 6) is 0. The highest BCUT2D eigenvalue weighted by atomic mass is 19.1. The summed E-state index contributed by atoms with van der Waals surface area (Å²) in [7, 11) is 0. The van der Waals surface area contributed by atoms with E-state index in [1.54, 1.807) is 18.2 Å². The molecule has 0 aromatic heterocycles. The van der Waals surface area contributed by atoms with Crippen molar-refractivity contribution in [3.05, 3.63) is 36.7 Å². The summed E-state index contributed by atoms with van der Waals surface area (Å²) < 4.78 is 12.2. The van der Waals surface area contributed by atoms with E-state index in [1.807, 2.05) is 20.8 Å². The van der Waals surface area contributed by atoms with Crippen molar-refractivity contribution in [3.63, 3.8) is 0 Å². The summed E-state index contributed by atoms with van der Waals surface area (Å²) in [6.45, 7) is 9.40. The van der Waals surface area contributed by atoms with E-state index in [9.17, 15) is 4.39 Å². The maximum atomic E-state index is 12.2. The predicted octanol–water partition coefficient (Wildman–Crippen LogP) is 3.63. The van der Waals surface area contributed by atoms with Crippen molar-refractivity contribution < 1.29 is 4.39 Å². The fourth-order valence-corrected chi connectivity index (χ4v) is 0.622. The van der Waals surface area contributed by atoms with Crippen molar-refractivity contribution >= 4 is 0 Å². The predicted molar refractivity (Wildman–Crippen MR) is 48.0 cm³/mol. The van der Waals surface area contributed by atoms with Gasteiger partial charge in [-0.25, -0.2) is 4.39 Å². The number of hydrogen-bond donors (Lipinski definition) is 0. The summed E-state index contributed by atoms with van der Waals surface area (Å²) in [6.07, 6.45) is 5.74. The fraction of sp³-hybridized carbons (Fsp3) is 0.400. The lowest BCUT2D eigenvalue weighted by atomic mass is 9.87. The second-order valence-electron chi connectivity index (χ2n) is 3.41. The molecule has 0 saturated heterocycles. The Kier molecular flexibility index (Phi) is 3.80. The van der Waals surface area contributed by atoms with Crippen LogP contribution in [0.2, 0.25) is 0 Å². The van der Waals surface area contributed by atoms with Crippen LogP contribution in [0.4, 0.5) is 4.39 Å². The van der Waals surface area contributed by atoms with Gasteiger partial charge in [-0.1, -0.05) is 45.6 Å². The first-order chi connectivity index (χ1) is 5.02. The van der Waals surface area contributed by atoms with Crippen molar-refractivity contribution in [1.29, 1.82) is 0 Å². The van der Waals surface area contributed by atoms with Crippen LogP contribution >= 0.6 is 0 Å². The highest BCUT2D eigenvalue weighted by Gasteiger charge is 2.13. The highest BCUT2D eigenvalue weighted by molar-refractivity contribution is 5.24. The van der Waals surface area contributed by atoms with E-state index in [4.69, 9.17) is 0 Å². The van der Waals surface area contributed by atoms with Crippen molar-refractivity contribution in [1.82, 2.24) is 0 Å². The van der Waals surface area contributed by atoms with Gasteiger partial charge < -0.3 is 0 Å². The highest BCUT2D eigenvalue weighted by Crippen LogP contribution is 2.26. The van der Waals surface area contributed by atoms with Crippen LogP contribution in [0, 0.1) is 5.41 Å². The summed E-state index contributed by atoms with van der Waals surface area (Å²) >= 11 is 0. The van der Waals surface area contributed by atoms with Gasteiger partial charge in [0.15, 0.2) is 0 Å². The quantitative estimate of drug-likeness (QED) is 0.533. The third kappa shape index (κ3) is 3.76. The maximum Gasteiger partial charge on any atom is 0.0904 e. The van der Waals surface area contributed by atoms with E-state index in [0.717, 1.165) is 0 Å². The normalized spacial score (nSPS) is 14.0. The molecule has 11 heavy (non-hydrogen) atoms. The second-order valence-corrected chi connectivity index (χ2v) is 3.41. The van der Waals surface area contributed by atoms with E-state index in [2.05, 4.69) is 6.58 Å². The molecule has 1 heteroatoms. The third-order valence-corrected chi connectivity index (χ3v) is 1.40. The van der Waals surface area contributed by atoms with Gasteiger partial charge in [-0.3, -0.25) is 0 Å². The number of allylic oxidation sites excluding steroid dienone is 4. The van der Waals surface area contributed by atoms with Crippen LogP contribution in [0.15, 0.2) is 36.7 Å². The molecule has 0 radical (unpaired) electrons. The Bertz CT molecular complexity index is 180. The first-order valence-corrected chi connectivity index (χ1v) is 3.62. The molecular weight excluding hydrogens is 139 g/mol. The third-order valence-electron chi connectivity index (χ3n) is 1.40. The first kappa shape index (κ1) is 10.2. The van der Waals surface area contributed by atoms with Crippen molar-refractivity contribution in [2.24, 2.45) is 5.41 Å². The van der Waals surface area contributed by atoms with E-state index < -0.39 is 0 Å². The van der Waals surface area contributed by atoms with Crippen LogP contribution in [0.25, 0.3) is 0 Å². The lowest BCUT2D eigenvalue weighted by molar-refractivity contribution is 0.501. The minimum Gasteiger partial charge on any atom is -0.215 e. The minimum atomic E-state index is -0.131. The van der Waals surface area contributed by atoms with Crippen LogP contribution in [-0.2, 0) is 0 Å². The summed E-state index contributed by atoms with van der Waals surface area (Å²) in [5.41, 5.74) is 0.547. The number of hydrogen-bond acceptors (Lipinski definition) is 0. The van der Waals surface area contributed by atoms with Crippen LogP contribution in [-0.4, -0.2) is 0 Å². The van der Waals surface area contributed by atoms with Crippen molar-refractivity contribution in [2.45, 2.75) is 20.8 Å². The van der Waals surface area contributed by atoms with Gasteiger partial charge in [0.25, 0.3) is 0 Å². The van der Waals surface area contributed by atoms with Gasteiger partial charge in [-0.05, 0) is 11.0 Å². The summed E-state index contributed by atoms with van der Waals surface area (Å²) in [4.78, 5) is 0. The molecule has 0 aromatic carbocycles. The SMILES string of the molecule is C=C/C=C\C(=C\F)C(C)(C)C. The van der Waals surface area contributed by atoms with E-state index in [-0.39, 0.29) is 5.41 Å².